The van der Waals surface area contributed by atoms with E-state index >= 15 is 0 Å². The van der Waals surface area contributed by atoms with Gasteiger partial charge in [0.25, 0.3) is 0 Å². The molecular formula is C29H31NO10. The van der Waals surface area contributed by atoms with E-state index in [4.69, 9.17) is 32.8 Å². The third-order valence-electron chi connectivity index (χ3n) is 7.17. The molecule has 0 aliphatic carbocycles. The fourth-order valence-corrected chi connectivity index (χ4v) is 5.13. The Morgan fingerprint density at radius 3 is 2.40 bits per heavy atom. The lowest BCUT2D eigenvalue weighted by molar-refractivity contribution is -0.140. The molecule has 2 aromatic carbocycles. The Labute approximate surface area is 230 Å². The van der Waals surface area contributed by atoms with Crippen molar-refractivity contribution in [2.75, 3.05) is 41.8 Å². The summed E-state index contributed by atoms with van der Waals surface area (Å²) in [6.07, 6.45) is 0.574. The minimum Gasteiger partial charge on any atom is -0.502 e. The quantitative estimate of drug-likeness (QED) is 0.392. The van der Waals surface area contributed by atoms with Gasteiger partial charge in [-0.3, -0.25) is 14.5 Å². The standard InChI is InChI=1S/C29H31NO10/c1-34-22-7-16-5-6-30(13-18(16)10-23(22)35-2)14-19-11-21(31)27(33)28(40-19)20(12-26(32)37-4)17-8-24(36-3)29-25(9-17)38-15-39-29/h7-11,20,33H,5-6,12-15H2,1-4H3/t20-/m0/s1. The topological polar surface area (TPSA) is 126 Å². The molecule has 0 bridgehead atoms. The first-order valence-corrected chi connectivity index (χ1v) is 12.7. The van der Waals surface area contributed by atoms with Gasteiger partial charge >= 0.3 is 5.97 Å². The molecule has 1 N–H and O–H groups in total. The van der Waals surface area contributed by atoms with Gasteiger partial charge in [-0.05, 0) is 47.4 Å². The van der Waals surface area contributed by atoms with Gasteiger partial charge in [-0.2, -0.15) is 0 Å². The van der Waals surface area contributed by atoms with E-state index in [1.807, 2.05) is 12.1 Å². The van der Waals surface area contributed by atoms with Crippen LogP contribution >= 0.6 is 0 Å². The Balaban J connectivity index is 1.48. The first-order chi connectivity index (χ1) is 19.3. The highest BCUT2D eigenvalue weighted by Crippen LogP contribution is 2.45. The molecule has 3 heterocycles. The molecule has 2 aliphatic rings. The van der Waals surface area contributed by atoms with Crippen molar-refractivity contribution < 1.29 is 42.7 Å². The van der Waals surface area contributed by atoms with Crippen LogP contribution in [0.5, 0.6) is 34.5 Å². The molecule has 3 aromatic rings. The van der Waals surface area contributed by atoms with Crippen LogP contribution in [0.1, 0.15) is 40.5 Å². The van der Waals surface area contributed by atoms with Crippen LogP contribution in [0.2, 0.25) is 0 Å². The average Bonchev–Trinajstić information content (AvgIpc) is 3.45. The minimum absolute atomic E-state index is 0.0181. The van der Waals surface area contributed by atoms with Crippen molar-refractivity contribution in [2.45, 2.75) is 31.8 Å². The number of fused-ring (bicyclic) bond motifs is 2. The predicted octanol–water partition coefficient (Wildman–Crippen LogP) is 3.35. The number of nitrogens with zero attached hydrogens (tertiary/aromatic N) is 1. The third kappa shape index (κ3) is 5.24. The predicted molar refractivity (Wildman–Crippen MR) is 142 cm³/mol. The number of benzene rings is 2. The highest BCUT2D eigenvalue weighted by Gasteiger charge is 2.31. The second-order valence-corrected chi connectivity index (χ2v) is 9.52. The highest BCUT2D eigenvalue weighted by atomic mass is 16.7. The molecular weight excluding hydrogens is 522 g/mol. The Hall–Kier alpha value is -4.38. The van der Waals surface area contributed by atoms with Gasteiger partial charge in [0.2, 0.25) is 23.7 Å². The third-order valence-corrected chi connectivity index (χ3v) is 7.17. The summed E-state index contributed by atoms with van der Waals surface area (Å²) in [5, 5.41) is 10.8. The Bertz CT molecular complexity index is 1480. The summed E-state index contributed by atoms with van der Waals surface area (Å²) < 4.78 is 38.4. The summed E-state index contributed by atoms with van der Waals surface area (Å²) in [7, 11) is 5.96. The zero-order chi connectivity index (χ0) is 28.4. The van der Waals surface area contributed by atoms with Crippen molar-refractivity contribution in [1.29, 1.82) is 0 Å². The highest BCUT2D eigenvalue weighted by molar-refractivity contribution is 5.72. The monoisotopic (exact) mass is 553 g/mol. The van der Waals surface area contributed by atoms with E-state index < -0.39 is 23.1 Å². The Morgan fingerprint density at radius 1 is 0.975 bits per heavy atom. The summed E-state index contributed by atoms with van der Waals surface area (Å²) in [6, 6.07) is 8.56. The zero-order valence-corrected chi connectivity index (χ0v) is 22.8. The van der Waals surface area contributed by atoms with E-state index in [0.29, 0.717) is 59.7 Å². The number of hydrogen-bond acceptors (Lipinski definition) is 11. The molecule has 0 fully saturated rings. The van der Waals surface area contributed by atoms with Gasteiger partial charge in [-0.1, -0.05) is 0 Å². The normalized spacial score (nSPS) is 14.8. The van der Waals surface area contributed by atoms with Crippen molar-refractivity contribution >= 4 is 5.97 Å². The Kier molecular flexibility index (Phi) is 7.74. The zero-order valence-electron chi connectivity index (χ0n) is 22.8. The van der Waals surface area contributed by atoms with Gasteiger partial charge in [-0.15, -0.1) is 0 Å². The second kappa shape index (κ2) is 11.4. The lowest BCUT2D eigenvalue weighted by Gasteiger charge is -2.29. The second-order valence-electron chi connectivity index (χ2n) is 9.52. The molecule has 0 spiro atoms. The number of hydrogen-bond donors (Lipinski definition) is 1. The van der Waals surface area contributed by atoms with E-state index in [2.05, 4.69) is 4.90 Å². The van der Waals surface area contributed by atoms with Gasteiger partial charge in [0.05, 0.1) is 47.3 Å². The molecule has 1 atom stereocenters. The molecule has 5 rings (SSSR count). The van der Waals surface area contributed by atoms with Crippen molar-refractivity contribution in [3.05, 3.63) is 68.8 Å². The summed E-state index contributed by atoms with van der Waals surface area (Å²) in [6.45, 7) is 1.64. The van der Waals surface area contributed by atoms with Gasteiger partial charge in [0.15, 0.2) is 28.8 Å². The molecule has 212 valence electrons. The number of carbonyl (C=O) groups is 1. The maximum Gasteiger partial charge on any atom is 0.306 e. The van der Waals surface area contributed by atoms with E-state index in [-0.39, 0.29) is 19.0 Å². The van der Waals surface area contributed by atoms with Gasteiger partial charge < -0.3 is 37.9 Å². The fraction of sp³-hybridized carbons (Fsp3) is 0.379. The summed E-state index contributed by atoms with van der Waals surface area (Å²) in [5.74, 6) is 0.887. The SMILES string of the molecule is COC(=O)C[C@@H](c1cc(OC)c2c(c1)OCO2)c1oc(CN2CCc3cc(OC)c(OC)cc3C2)cc(=O)c1O. The van der Waals surface area contributed by atoms with Crippen LogP contribution in [0, 0.1) is 0 Å². The van der Waals surface area contributed by atoms with Crippen molar-refractivity contribution in [2.24, 2.45) is 0 Å². The van der Waals surface area contributed by atoms with Crippen molar-refractivity contribution in [3.8, 4) is 34.5 Å². The maximum atomic E-state index is 12.9. The van der Waals surface area contributed by atoms with Crippen molar-refractivity contribution in [1.82, 2.24) is 4.90 Å². The largest absolute Gasteiger partial charge is 0.502 e. The van der Waals surface area contributed by atoms with Gasteiger partial charge in [0.1, 0.15) is 5.76 Å². The summed E-state index contributed by atoms with van der Waals surface area (Å²) >= 11 is 0. The van der Waals surface area contributed by atoms with Crippen LogP contribution in [0.25, 0.3) is 0 Å². The lowest BCUT2D eigenvalue weighted by atomic mass is 9.91. The van der Waals surface area contributed by atoms with E-state index in [9.17, 15) is 14.7 Å². The molecule has 0 saturated heterocycles. The molecule has 0 saturated carbocycles. The van der Waals surface area contributed by atoms with Crippen molar-refractivity contribution in [3.63, 3.8) is 0 Å². The molecule has 0 amide bonds. The number of carbonyl (C=O) groups excluding carboxylic acids is 1. The number of ether oxygens (including phenoxy) is 6. The van der Waals surface area contributed by atoms with Crippen LogP contribution in [0.4, 0.5) is 0 Å². The number of methoxy groups -OCH3 is 4. The Morgan fingerprint density at radius 2 is 1.70 bits per heavy atom. The molecule has 11 heteroatoms. The summed E-state index contributed by atoms with van der Waals surface area (Å²) in [4.78, 5) is 27.5. The molecule has 40 heavy (non-hydrogen) atoms. The van der Waals surface area contributed by atoms with Crippen LogP contribution < -0.4 is 29.1 Å². The minimum atomic E-state index is -0.859. The van der Waals surface area contributed by atoms with E-state index in [1.165, 1.54) is 20.3 Å². The average molecular weight is 554 g/mol. The smallest absolute Gasteiger partial charge is 0.306 e. The van der Waals surface area contributed by atoms with Gasteiger partial charge in [-0.25, -0.2) is 0 Å². The van der Waals surface area contributed by atoms with Crippen LogP contribution in [-0.4, -0.2) is 57.8 Å². The number of aromatic hydroxyl groups is 1. The molecule has 0 unspecified atom stereocenters. The lowest BCUT2D eigenvalue weighted by Crippen LogP contribution is -2.30. The van der Waals surface area contributed by atoms with E-state index in [1.54, 1.807) is 26.4 Å². The van der Waals surface area contributed by atoms with Gasteiger partial charge in [0, 0.05) is 19.2 Å². The molecule has 0 radical (unpaired) electrons. The van der Waals surface area contributed by atoms with E-state index in [0.717, 1.165) is 17.5 Å². The van der Waals surface area contributed by atoms with Crippen LogP contribution in [0.15, 0.2) is 39.5 Å². The first kappa shape index (κ1) is 27.2. The fourth-order valence-electron chi connectivity index (χ4n) is 5.13. The summed E-state index contributed by atoms with van der Waals surface area (Å²) in [5.41, 5.74) is 2.16. The molecule has 2 aliphatic heterocycles. The number of rotatable bonds is 9. The first-order valence-electron chi connectivity index (χ1n) is 12.7. The molecule has 1 aromatic heterocycles. The van der Waals surface area contributed by atoms with Crippen LogP contribution in [-0.2, 0) is 29.0 Å². The van der Waals surface area contributed by atoms with Crippen LogP contribution in [0.3, 0.4) is 0 Å². The molecule has 11 nitrogen and oxygen atoms in total. The maximum absolute atomic E-state index is 12.9. The number of esters is 1.